The van der Waals surface area contributed by atoms with E-state index in [-0.39, 0.29) is 0 Å². The van der Waals surface area contributed by atoms with Gasteiger partial charge in [0.25, 0.3) is 0 Å². The molecule has 0 saturated heterocycles. The molecule has 1 atom stereocenters. The van der Waals surface area contributed by atoms with E-state index >= 15 is 0 Å². The second-order valence-corrected chi connectivity index (χ2v) is 5.30. The summed E-state index contributed by atoms with van der Waals surface area (Å²) < 4.78 is 0. The van der Waals surface area contributed by atoms with Crippen LogP contribution >= 0.6 is 0 Å². The largest absolute Gasteiger partial charge is 0.364 e. The lowest BCUT2D eigenvalue weighted by molar-refractivity contribution is 0.672. The van der Waals surface area contributed by atoms with E-state index in [9.17, 15) is 0 Å². The van der Waals surface area contributed by atoms with Crippen molar-refractivity contribution < 1.29 is 0 Å². The minimum Gasteiger partial charge on any atom is -0.364 e. The molecule has 0 N–H and O–H groups in total. The average molecular weight is 237 g/mol. The minimum absolute atomic E-state index is 0.600. The maximum Gasteiger partial charge on any atom is 0.0432 e. The van der Waals surface area contributed by atoms with Crippen LogP contribution in [0.15, 0.2) is 48.5 Å². The van der Waals surface area contributed by atoms with Gasteiger partial charge in [-0.1, -0.05) is 48.0 Å². The molecule has 1 aliphatic heterocycles. The molecule has 1 aliphatic rings. The van der Waals surface area contributed by atoms with Crippen molar-refractivity contribution >= 4 is 5.69 Å². The van der Waals surface area contributed by atoms with Crippen molar-refractivity contribution in [1.29, 1.82) is 0 Å². The maximum atomic E-state index is 2.52. The fourth-order valence-corrected chi connectivity index (χ4v) is 2.88. The van der Waals surface area contributed by atoms with Gasteiger partial charge in [-0.05, 0) is 37.5 Å². The molecule has 3 rings (SSSR count). The third-order valence-corrected chi connectivity index (χ3v) is 3.78. The Morgan fingerprint density at radius 2 is 1.94 bits per heavy atom. The molecular weight excluding hydrogens is 218 g/mol. The lowest BCUT2D eigenvalue weighted by Crippen LogP contribution is -2.28. The van der Waals surface area contributed by atoms with Gasteiger partial charge in [0.05, 0.1) is 0 Å². The summed E-state index contributed by atoms with van der Waals surface area (Å²) in [6.45, 7) is 5.49. The summed E-state index contributed by atoms with van der Waals surface area (Å²) in [4.78, 5) is 2.52. The number of hydrogen-bond acceptors (Lipinski definition) is 1. The van der Waals surface area contributed by atoms with Crippen LogP contribution in [-0.4, -0.2) is 6.04 Å². The van der Waals surface area contributed by atoms with E-state index in [0.717, 1.165) is 6.54 Å². The van der Waals surface area contributed by atoms with Crippen LogP contribution in [0, 0.1) is 6.92 Å². The second-order valence-electron chi connectivity index (χ2n) is 5.30. The molecule has 1 heteroatoms. The number of hydrogen-bond donors (Lipinski definition) is 0. The zero-order chi connectivity index (χ0) is 12.5. The van der Waals surface area contributed by atoms with Gasteiger partial charge in [0.2, 0.25) is 0 Å². The Morgan fingerprint density at radius 1 is 1.11 bits per heavy atom. The SMILES string of the molecule is Cc1cccc(CN2c3ccccc3CC2C)c1. The number of rotatable bonds is 2. The van der Waals surface area contributed by atoms with Gasteiger partial charge in [-0.2, -0.15) is 0 Å². The smallest absolute Gasteiger partial charge is 0.0432 e. The van der Waals surface area contributed by atoms with E-state index in [0.29, 0.717) is 6.04 Å². The number of nitrogens with zero attached hydrogens (tertiary/aromatic N) is 1. The summed E-state index contributed by atoms with van der Waals surface area (Å²) in [5.74, 6) is 0. The van der Waals surface area contributed by atoms with Crippen LogP contribution in [0.5, 0.6) is 0 Å². The molecule has 0 saturated carbocycles. The van der Waals surface area contributed by atoms with Gasteiger partial charge in [-0.3, -0.25) is 0 Å². The lowest BCUT2D eigenvalue weighted by atomic mass is 10.1. The minimum atomic E-state index is 0.600. The van der Waals surface area contributed by atoms with Gasteiger partial charge < -0.3 is 4.90 Å². The summed E-state index contributed by atoms with van der Waals surface area (Å²) in [6.07, 6.45) is 1.17. The van der Waals surface area contributed by atoms with Crippen LogP contribution in [0.1, 0.15) is 23.6 Å². The van der Waals surface area contributed by atoms with Crippen LogP contribution < -0.4 is 4.90 Å². The Bertz CT molecular complexity index is 559. The highest BCUT2D eigenvalue weighted by atomic mass is 15.2. The summed E-state index contributed by atoms with van der Waals surface area (Å²) in [6, 6.07) is 18.2. The summed E-state index contributed by atoms with van der Waals surface area (Å²) in [5, 5.41) is 0. The van der Waals surface area contributed by atoms with Crippen LogP contribution in [-0.2, 0) is 13.0 Å². The molecular formula is C17H19N. The monoisotopic (exact) mass is 237 g/mol. The molecule has 0 aliphatic carbocycles. The quantitative estimate of drug-likeness (QED) is 0.764. The normalized spacial score (nSPS) is 17.9. The van der Waals surface area contributed by atoms with E-state index in [2.05, 4.69) is 67.3 Å². The molecule has 0 fully saturated rings. The molecule has 0 bridgehead atoms. The zero-order valence-corrected chi connectivity index (χ0v) is 11.1. The highest BCUT2D eigenvalue weighted by Crippen LogP contribution is 2.32. The van der Waals surface area contributed by atoms with E-state index in [1.807, 2.05) is 0 Å². The number of fused-ring (bicyclic) bond motifs is 1. The number of para-hydroxylation sites is 1. The number of benzene rings is 2. The predicted octanol–water partition coefficient (Wildman–Crippen LogP) is 3.95. The van der Waals surface area contributed by atoms with Crippen molar-refractivity contribution in [2.45, 2.75) is 32.9 Å². The summed E-state index contributed by atoms with van der Waals surface area (Å²) in [5.41, 5.74) is 5.63. The predicted molar refractivity (Wildman–Crippen MR) is 77.0 cm³/mol. The average Bonchev–Trinajstić information content (AvgIpc) is 2.66. The molecule has 0 aromatic heterocycles. The van der Waals surface area contributed by atoms with Gasteiger partial charge >= 0.3 is 0 Å². The third-order valence-electron chi connectivity index (χ3n) is 3.78. The molecule has 0 radical (unpaired) electrons. The summed E-state index contributed by atoms with van der Waals surface area (Å²) in [7, 11) is 0. The lowest BCUT2D eigenvalue weighted by Gasteiger charge is -2.25. The van der Waals surface area contributed by atoms with Crippen molar-refractivity contribution in [3.05, 3.63) is 65.2 Å². The Balaban J connectivity index is 1.89. The van der Waals surface area contributed by atoms with Crippen molar-refractivity contribution in [3.8, 4) is 0 Å². The first-order valence-electron chi connectivity index (χ1n) is 6.64. The first-order chi connectivity index (χ1) is 8.74. The highest BCUT2D eigenvalue weighted by Gasteiger charge is 2.25. The third kappa shape index (κ3) is 2.01. The van der Waals surface area contributed by atoms with Crippen LogP contribution in [0.25, 0.3) is 0 Å². The molecule has 1 unspecified atom stereocenters. The molecule has 0 amide bonds. The Morgan fingerprint density at radius 3 is 2.78 bits per heavy atom. The Kier molecular flexibility index (Phi) is 2.83. The molecule has 1 heterocycles. The fraction of sp³-hybridized carbons (Fsp3) is 0.294. The highest BCUT2D eigenvalue weighted by molar-refractivity contribution is 5.59. The van der Waals surface area contributed by atoms with Crippen molar-refractivity contribution in [1.82, 2.24) is 0 Å². The Hall–Kier alpha value is -1.76. The van der Waals surface area contributed by atoms with Gasteiger partial charge in [-0.15, -0.1) is 0 Å². The Labute approximate surface area is 109 Å². The molecule has 0 spiro atoms. The molecule has 2 aromatic rings. The molecule has 18 heavy (non-hydrogen) atoms. The van der Waals surface area contributed by atoms with Crippen molar-refractivity contribution in [2.75, 3.05) is 4.90 Å². The van der Waals surface area contributed by atoms with E-state index in [1.165, 1.54) is 28.8 Å². The van der Waals surface area contributed by atoms with Gasteiger partial charge in [0.1, 0.15) is 0 Å². The standard InChI is InChI=1S/C17H19N/c1-13-6-5-7-15(10-13)12-18-14(2)11-16-8-3-4-9-17(16)18/h3-10,14H,11-12H2,1-2H3. The first kappa shape index (κ1) is 11.3. The second kappa shape index (κ2) is 4.49. The van der Waals surface area contributed by atoms with Crippen LogP contribution in [0.3, 0.4) is 0 Å². The number of aryl methyl sites for hydroxylation is 1. The summed E-state index contributed by atoms with van der Waals surface area (Å²) >= 11 is 0. The van der Waals surface area contributed by atoms with Gasteiger partial charge in [-0.25, -0.2) is 0 Å². The van der Waals surface area contributed by atoms with Crippen LogP contribution in [0.4, 0.5) is 5.69 Å². The van der Waals surface area contributed by atoms with Crippen molar-refractivity contribution in [3.63, 3.8) is 0 Å². The molecule has 92 valence electrons. The van der Waals surface area contributed by atoms with Gasteiger partial charge in [0.15, 0.2) is 0 Å². The zero-order valence-electron chi connectivity index (χ0n) is 11.1. The number of anilines is 1. The first-order valence-corrected chi connectivity index (χ1v) is 6.64. The van der Waals surface area contributed by atoms with Crippen molar-refractivity contribution in [2.24, 2.45) is 0 Å². The van der Waals surface area contributed by atoms with Crippen LogP contribution in [0.2, 0.25) is 0 Å². The maximum absolute atomic E-state index is 2.52. The molecule has 1 nitrogen and oxygen atoms in total. The topological polar surface area (TPSA) is 3.24 Å². The van der Waals surface area contributed by atoms with Gasteiger partial charge in [0, 0.05) is 18.3 Å². The van der Waals surface area contributed by atoms with E-state index in [1.54, 1.807) is 0 Å². The van der Waals surface area contributed by atoms with E-state index < -0.39 is 0 Å². The molecule has 2 aromatic carbocycles. The van der Waals surface area contributed by atoms with E-state index in [4.69, 9.17) is 0 Å². The fourth-order valence-electron chi connectivity index (χ4n) is 2.88.